The minimum atomic E-state index is -1.45. The lowest BCUT2D eigenvalue weighted by Crippen LogP contribution is -2.54. The second-order valence-electron chi connectivity index (χ2n) is 8.30. The van der Waals surface area contributed by atoms with Gasteiger partial charge in [0.15, 0.2) is 0 Å². The minimum absolute atomic E-state index is 0.0876. The molecule has 166 valence electrons. The summed E-state index contributed by atoms with van der Waals surface area (Å²) in [6.45, 7) is 0.273. The van der Waals surface area contributed by atoms with Crippen molar-refractivity contribution >= 4 is 35.0 Å². The van der Waals surface area contributed by atoms with Crippen molar-refractivity contribution in [2.75, 3.05) is 25.6 Å². The van der Waals surface area contributed by atoms with E-state index in [1.54, 1.807) is 48.5 Å². The molecule has 0 saturated carbocycles. The lowest BCUT2D eigenvalue weighted by molar-refractivity contribution is -0.143. The smallest absolute Gasteiger partial charge is 0.250 e. The van der Waals surface area contributed by atoms with Gasteiger partial charge < -0.3 is 15.2 Å². The summed E-state index contributed by atoms with van der Waals surface area (Å²) < 4.78 is 5.07. The van der Waals surface area contributed by atoms with Crippen LogP contribution in [0.1, 0.15) is 17.2 Å². The van der Waals surface area contributed by atoms with E-state index in [2.05, 4.69) is 10.6 Å². The van der Waals surface area contributed by atoms with E-state index in [1.165, 1.54) is 7.11 Å². The molecule has 0 aromatic heterocycles. The van der Waals surface area contributed by atoms with E-state index in [-0.39, 0.29) is 13.2 Å². The van der Waals surface area contributed by atoms with Gasteiger partial charge in [0.25, 0.3) is 0 Å². The summed E-state index contributed by atoms with van der Waals surface area (Å²) >= 11 is 5.98. The molecule has 5 rings (SSSR count). The van der Waals surface area contributed by atoms with Crippen molar-refractivity contribution in [2.45, 2.75) is 17.7 Å². The number of halogens is 1. The summed E-state index contributed by atoms with van der Waals surface area (Å²) in [6.07, 6.45) is -1.14. The molecule has 3 aliphatic heterocycles. The number of carbonyl (C=O) groups excluding carboxylic acids is 3. The third kappa shape index (κ3) is 2.84. The number of imide groups is 1. The van der Waals surface area contributed by atoms with Crippen LogP contribution in [-0.4, -0.2) is 54.0 Å². The van der Waals surface area contributed by atoms with Crippen molar-refractivity contribution in [3.63, 3.8) is 0 Å². The summed E-state index contributed by atoms with van der Waals surface area (Å²) in [5.74, 6) is -3.17. The number of ether oxygens (including phenoxy) is 1. The molecule has 8 nitrogen and oxygen atoms in total. The molecular weight excluding hydrogens is 434 g/mol. The molecule has 2 fully saturated rings. The molecule has 5 atom stereocenters. The predicted molar refractivity (Wildman–Crippen MR) is 116 cm³/mol. The Morgan fingerprint density at radius 1 is 1.12 bits per heavy atom. The molecule has 2 aromatic carbocycles. The standard InChI is InChI=1S/C23H22ClN3O5/c1-32-11-10-27-20(29)16-17(21(27)30)23(14-4-2-3-5-15(14)25-22(23)31)26-18(16)19(28)12-6-8-13(24)9-7-12/h2-9,16-19,26,28H,10-11H2,1H3,(H,25,31)/t16-,17-,18+,19+,23-/m0/s1. The SMILES string of the molecule is COCCN1C(=O)[C@@H]2[C@H]([C@H](O)c3ccc(Cl)cc3)N[C@]3(C(=O)Nc4ccccc43)[C@@H]2C1=O. The fourth-order valence-corrected chi connectivity index (χ4v) is 5.41. The number of hydrogen-bond donors (Lipinski definition) is 3. The number of nitrogens with one attached hydrogen (secondary N) is 2. The molecule has 1 spiro atoms. The van der Waals surface area contributed by atoms with Gasteiger partial charge in [0.2, 0.25) is 17.7 Å². The van der Waals surface area contributed by atoms with E-state index < -0.39 is 47.2 Å². The average molecular weight is 456 g/mol. The zero-order chi connectivity index (χ0) is 22.6. The summed E-state index contributed by atoms with van der Waals surface area (Å²) in [5, 5.41) is 17.8. The van der Waals surface area contributed by atoms with E-state index in [0.717, 1.165) is 4.90 Å². The predicted octanol–water partition coefficient (Wildman–Crippen LogP) is 1.44. The Kier molecular flexibility index (Phi) is 5.05. The highest BCUT2D eigenvalue weighted by Gasteiger charge is 2.71. The molecule has 3 heterocycles. The zero-order valence-electron chi connectivity index (χ0n) is 17.2. The van der Waals surface area contributed by atoms with Gasteiger partial charge in [0.1, 0.15) is 5.54 Å². The number of amides is 3. The van der Waals surface area contributed by atoms with Crippen LogP contribution in [-0.2, 0) is 24.7 Å². The second kappa shape index (κ2) is 7.67. The molecular formula is C23H22ClN3O5. The molecule has 2 saturated heterocycles. The summed E-state index contributed by atoms with van der Waals surface area (Å²) in [5.41, 5.74) is 0.264. The number of nitrogens with zero attached hydrogens (tertiary/aromatic N) is 1. The number of rotatable bonds is 5. The first-order valence-electron chi connectivity index (χ1n) is 10.4. The Morgan fingerprint density at radius 2 is 1.84 bits per heavy atom. The second-order valence-corrected chi connectivity index (χ2v) is 8.74. The van der Waals surface area contributed by atoms with Crippen molar-refractivity contribution < 1.29 is 24.2 Å². The van der Waals surface area contributed by atoms with E-state index in [0.29, 0.717) is 21.8 Å². The lowest BCUT2D eigenvalue weighted by atomic mass is 9.76. The van der Waals surface area contributed by atoms with Crippen molar-refractivity contribution in [2.24, 2.45) is 11.8 Å². The number of carbonyl (C=O) groups is 3. The van der Waals surface area contributed by atoms with Gasteiger partial charge in [-0.25, -0.2) is 0 Å². The highest BCUT2D eigenvalue weighted by molar-refractivity contribution is 6.30. The number of anilines is 1. The van der Waals surface area contributed by atoms with E-state index in [4.69, 9.17) is 16.3 Å². The monoisotopic (exact) mass is 455 g/mol. The van der Waals surface area contributed by atoms with Crippen LogP contribution in [0.3, 0.4) is 0 Å². The molecule has 0 radical (unpaired) electrons. The van der Waals surface area contributed by atoms with Gasteiger partial charge in [-0.1, -0.05) is 41.9 Å². The van der Waals surface area contributed by atoms with Crippen molar-refractivity contribution in [1.29, 1.82) is 0 Å². The number of aliphatic hydroxyl groups excluding tert-OH is 1. The van der Waals surface area contributed by atoms with Crippen molar-refractivity contribution in [1.82, 2.24) is 10.2 Å². The van der Waals surface area contributed by atoms with Gasteiger partial charge in [-0.3, -0.25) is 24.6 Å². The van der Waals surface area contributed by atoms with Crippen LogP contribution in [0.15, 0.2) is 48.5 Å². The maximum Gasteiger partial charge on any atom is 0.250 e. The molecule has 3 amide bonds. The van der Waals surface area contributed by atoms with Gasteiger partial charge >= 0.3 is 0 Å². The maximum atomic E-state index is 13.5. The van der Waals surface area contributed by atoms with E-state index >= 15 is 0 Å². The third-order valence-electron chi connectivity index (χ3n) is 6.72. The number of hydrogen-bond acceptors (Lipinski definition) is 6. The summed E-state index contributed by atoms with van der Waals surface area (Å²) in [7, 11) is 1.49. The van der Waals surface area contributed by atoms with Gasteiger partial charge in [0.05, 0.1) is 37.1 Å². The van der Waals surface area contributed by atoms with Crippen LogP contribution < -0.4 is 10.6 Å². The fraction of sp³-hybridized carbons (Fsp3) is 0.348. The number of likely N-dealkylation sites (tertiary alicyclic amines) is 1. The number of benzene rings is 2. The van der Waals surface area contributed by atoms with Gasteiger partial charge in [-0.15, -0.1) is 0 Å². The van der Waals surface area contributed by atoms with Crippen LogP contribution in [0.5, 0.6) is 0 Å². The molecule has 0 bridgehead atoms. The average Bonchev–Trinajstić information content (AvgIpc) is 3.38. The van der Waals surface area contributed by atoms with Gasteiger partial charge in [-0.05, 0) is 23.8 Å². The number of aliphatic hydroxyl groups is 1. The van der Waals surface area contributed by atoms with Gasteiger partial charge in [0, 0.05) is 23.4 Å². The maximum absolute atomic E-state index is 13.5. The van der Waals surface area contributed by atoms with E-state index in [1.807, 2.05) is 0 Å². The highest BCUT2D eigenvalue weighted by Crippen LogP contribution is 2.54. The topological polar surface area (TPSA) is 108 Å². The first-order chi connectivity index (χ1) is 15.4. The first-order valence-corrected chi connectivity index (χ1v) is 10.7. The molecule has 2 aromatic rings. The molecule has 0 aliphatic carbocycles. The van der Waals surface area contributed by atoms with Crippen LogP contribution in [0.2, 0.25) is 5.02 Å². The Bertz CT molecular complexity index is 1110. The highest BCUT2D eigenvalue weighted by atomic mass is 35.5. The van der Waals surface area contributed by atoms with Crippen molar-refractivity contribution in [3.05, 3.63) is 64.7 Å². The van der Waals surface area contributed by atoms with Crippen LogP contribution in [0.25, 0.3) is 0 Å². The Balaban J connectivity index is 1.63. The minimum Gasteiger partial charge on any atom is -0.387 e. The Labute approximate surface area is 189 Å². The molecule has 32 heavy (non-hydrogen) atoms. The molecule has 9 heteroatoms. The van der Waals surface area contributed by atoms with Crippen molar-refractivity contribution in [3.8, 4) is 0 Å². The number of methoxy groups -OCH3 is 1. The number of para-hydroxylation sites is 1. The molecule has 0 unspecified atom stereocenters. The van der Waals surface area contributed by atoms with E-state index in [9.17, 15) is 19.5 Å². The zero-order valence-corrected chi connectivity index (χ0v) is 18.0. The quantitative estimate of drug-likeness (QED) is 0.589. The summed E-state index contributed by atoms with van der Waals surface area (Å²) in [6, 6.07) is 12.9. The van der Waals surface area contributed by atoms with Crippen LogP contribution in [0.4, 0.5) is 5.69 Å². The Hall–Kier alpha value is -2.78. The summed E-state index contributed by atoms with van der Waals surface area (Å²) in [4.78, 5) is 41.4. The normalized spacial score (nSPS) is 29.4. The van der Waals surface area contributed by atoms with Gasteiger partial charge in [-0.2, -0.15) is 0 Å². The largest absolute Gasteiger partial charge is 0.387 e. The first kappa shape index (κ1) is 21.1. The van der Waals surface area contributed by atoms with Crippen LogP contribution in [0, 0.1) is 11.8 Å². The molecule has 3 aliphatic rings. The Morgan fingerprint density at radius 3 is 2.56 bits per heavy atom. The third-order valence-corrected chi connectivity index (χ3v) is 6.97. The van der Waals surface area contributed by atoms with Crippen LogP contribution >= 0.6 is 11.6 Å². The lowest BCUT2D eigenvalue weighted by Gasteiger charge is -2.30. The number of fused-ring (bicyclic) bond motifs is 4. The molecule has 3 N–H and O–H groups in total. The fourth-order valence-electron chi connectivity index (χ4n) is 5.29.